The molecule has 144 valence electrons. The molecule has 0 spiro atoms. The molecule has 1 unspecified atom stereocenters. The summed E-state index contributed by atoms with van der Waals surface area (Å²) in [6.45, 7) is -0.228. The average molecular weight is 370 g/mol. The van der Waals surface area contributed by atoms with Crippen LogP contribution in [-0.2, 0) is 0 Å². The summed E-state index contributed by atoms with van der Waals surface area (Å²) in [6, 6.07) is 11.0. The first-order chi connectivity index (χ1) is 13.1. The van der Waals surface area contributed by atoms with Gasteiger partial charge in [-0.1, -0.05) is 49.6 Å². The Hall–Kier alpha value is -2.60. The van der Waals surface area contributed by atoms with E-state index in [1.807, 2.05) is 30.3 Å². The molecule has 1 fully saturated rings. The summed E-state index contributed by atoms with van der Waals surface area (Å²) in [5.74, 6) is -0.800. The van der Waals surface area contributed by atoms with E-state index in [2.05, 4.69) is 10.6 Å². The zero-order valence-corrected chi connectivity index (χ0v) is 15.5. The Bertz CT molecular complexity index is 779. The van der Waals surface area contributed by atoms with Gasteiger partial charge in [-0.15, -0.1) is 0 Å². The molecule has 3 N–H and O–H groups in total. The largest absolute Gasteiger partial charge is 0.454 e. The maximum absolute atomic E-state index is 12.9. The Labute approximate surface area is 159 Å². The number of carbonyl (C=O) groups excluding carboxylic acids is 2. The van der Waals surface area contributed by atoms with Gasteiger partial charge in [0.1, 0.15) is 5.76 Å². The number of hydrogen-bond acceptors (Lipinski definition) is 4. The number of rotatable bonds is 6. The molecule has 1 aliphatic carbocycles. The van der Waals surface area contributed by atoms with Crippen LogP contribution in [0.15, 0.2) is 40.8 Å². The predicted molar refractivity (Wildman–Crippen MR) is 102 cm³/mol. The van der Waals surface area contributed by atoms with E-state index in [0.29, 0.717) is 11.3 Å². The molecule has 1 aromatic heterocycles. The van der Waals surface area contributed by atoms with Crippen molar-refractivity contribution in [3.05, 3.63) is 59.0 Å². The number of aliphatic hydroxyl groups excluding tert-OH is 1. The molecule has 6 nitrogen and oxygen atoms in total. The van der Waals surface area contributed by atoms with E-state index < -0.39 is 11.8 Å². The number of nitrogens with one attached hydrogen (secondary N) is 2. The third kappa shape index (κ3) is 4.39. The highest BCUT2D eigenvalue weighted by atomic mass is 16.4. The summed E-state index contributed by atoms with van der Waals surface area (Å²) in [4.78, 5) is 25.0. The summed E-state index contributed by atoms with van der Waals surface area (Å²) in [7, 11) is 1.51. The molecular formula is C21H26N2O4. The summed E-state index contributed by atoms with van der Waals surface area (Å²) in [5, 5.41) is 15.5. The molecule has 1 aliphatic rings. The van der Waals surface area contributed by atoms with Gasteiger partial charge in [-0.05, 0) is 18.4 Å². The molecule has 1 heterocycles. The quantitative estimate of drug-likeness (QED) is 0.729. The molecule has 0 radical (unpaired) electrons. The van der Waals surface area contributed by atoms with Gasteiger partial charge >= 0.3 is 0 Å². The number of furan rings is 1. The van der Waals surface area contributed by atoms with Crippen LogP contribution in [-0.4, -0.2) is 36.6 Å². The van der Waals surface area contributed by atoms with Crippen LogP contribution >= 0.6 is 0 Å². The van der Waals surface area contributed by atoms with E-state index >= 15 is 0 Å². The Morgan fingerprint density at radius 1 is 1.15 bits per heavy atom. The molecular weight excluding hydrogens is 344 g/mol. The van der Waals surface area contributed by atoms with E-state index in [1.165, 1.54) is 19.5 Å². The van der Waals surface area contributed by atoms with Crippen LogP contribution in [0.2, 0.25) is 0 Å². The first-order valence-electron chi connectivity index (χ1n) is 9.46. The molecule has 1 atom stereocenters. The topological polar surface area (TPSA) is 91.6 Å². The SMILES string of the molecule is CNC(=O)c1cc(C(=O)NC2CCCCC2)c(C(CO)c2ccccc2)o1. The monoisotopic (exact) mass is 370 g/mol. The number of carbonyl (C=O) groups is 2. The Balaban J connectivity index is 1.94. The number of aliphatic hydroxyl groups is 1. The van der Waals surface area contributed by atoms with E-state index in [9.17, 15) is 14.7 Å². The second kappa shape index (κ2) is 8.86. The number of benzene rings is 1. The third-order valence-electron chi connectivity index (χ3n) is 5.10. The van der Waals surface area contributed by atoms with Gasteiger partial charge in [0, 0.05) is 19.2 Å². The van der Waals surface area contributed by atoms with Gasteiger partial charge in [-0.25, -0.2) is 0 Å². The van der Waals surface area contributed by atoms with E-state index in [0.717, 1.165) is 31.2 Å². The van der Waals surface area contributed by atoms with Crippen molar-refractivity contribution in [3.8, 4) is 0 Å². The summed E-state index contributed by atoms with van der Waals surface area (Å²) >= 11 is 0. The highest BCUT2D eigenvalue weighted by Gasteiger charge is 2.29. The standard InChI is InChI=1S/C21H26N2O4/c1-22-21(26)18-12-16(20(25)23-15-10-6-3-7-11-15)19(27-18)17(13-24)14-8-4-2-5-9-14/h2,4-5,8-9,12,15,17,24H,3,6-7,10-11,13H2,1H3,(H,22,26)(H,23,25). The minimum atomic E-state index is -0.517. The van der Waals surface area contributed by atoms with Gasteiger partial charge in [0.05, 0.1) is 18.1 Å². The Morgan fingerprint density at radius 2 is 1.85 bits per heavy atom. The zero-order chi connectivity index (χ0) is 19.2. The minimum Gasteiger partial charge on any atom is -0.454 e. The summed E-state index contributed by atoms with van der Waals surface area (Å²) in [6.07, 6.45) is 5.34. The Kier molecular flexibility index (Phi) is 6.29. The summed E-state index contributed by atoms with van der Waals surface area (Å²) in [5.41, 5.74) is 1.13. The van der Waals surface area contributed by atoms with Gasteiger partial charge in [0.15, 0.2) is 5.76 Å². The van der Waals surface area contributed by atoms with Crippen LogP contribution in [0.25, 0.3) is 0 Å². The van der Waals surface area contributed by atoms with Crippen molar-refractivity contribution < 1.29 is 19.1 Å². The molecule has 2 amide bonds. The van der Waals surface area contributed by atoms with Gasteiger partial charge in [-0.2, -0.15) is 0 Å². The lowest BCUT2D eigenvalue weighted by molar-refractivity contribution is 0.0917. The Morgan fingerprint density at radius 3 is 2.48 bits per heavy atom. The number of hydrogen-bond donors (Lipinski definition) is 3. The van der Waals surface area contributed by atoms with Crippen molar-refractivity contribution in [2.24, 2.45) is 0 Å². The van der Waals surface area contributed by atoms with Crippen LogP contribution < -0.4 is 10.6 Å². The van der Waals surface area contributed by atoms with Gasteiger partial charge < -0.3 is 20.2 Å². The molecule has 0 saturated heterocycles. The predicted octanol–water partition coefficient (Wildman–Crippen LogP) is 2.83. The molecule has 2 aromatic rings. The van der Waals surface area contributed by atoms with E-state index in [4.69, 9.17) is 4.42 Å². The van der Waals surface area contributed by atoms with Crippen LogP contribution in [0.5, 0.6) is 0 Å². The van der Waals surface area contributed by atoms with Crippen LogP contribution in [0.1, 0.15) is 70.3 Å². The fourth-order valence-corrected chi connectivity index (χ4v) is 3.61. The highest BCUT2D eigenvalue weighted by molar-refractivity contribution is 5.99. The average Bonchev–Trinajstić information content (AvgIpc) is 3.15. The first-order valence-corrected chi connectivity index (χ1v) is 9.46. The lowest BCUT2D eigenvalue weighted by Crippen LogP contribution is -2.36. The second-order valence-electron chi connectivity index (χ2n) is 6.92. The van der Waals surface area contributed by atoms with Crippen molar-refractivity contribution in [2.45, 2.75) is 44.1 Å². The van der Waals surface area contributed by atoms with Crippen molar-refractivity contribution in [1.82, 2.24) is 10.6 Å². The molecule has 1 saturated carbocycles. The van der Waals surface area contributed by atoms with E-state index in [-0.39, 0.29) is 24.3 Å². The second-order valence-corrected chi connectivity index (χ2v) is 6.92. The maximum Gasteiger partial charge on any atom is 0.286 e. The van der Waals surface area contributed by atoms with Crippen LogP contribution in [0.3, 0.4) is 0 Å². The van der Waals surface area contributed by atoms with Crippen LogP contribution in [0.4, 0.5) is 0 Å². The molecule has 27 heavy (non-hydrogen) atoms. The smallest absolute Gasteiger partial charge is 0.286 e. The van der Waals surface area contributed by atoms with E-state index in [1.54, 1.807) is 0 Å². The number of amides is 2. The fraction of sp³-hybridized carbons (Fsp3) is 0.429. The zero-order valence-electron chi connectivity index (χ0n) is 15.5. The van der Waals surface area contributed by atoms with Crippen LogP contribution in [0, 0.1) is 0 Å². The van der Waals surface area contributed by atoms with Gasteiger partial charge in [-0.3, -0.25) is 9.59 Å². The molecule has 3 rings (SSSR count). The van der Waals surface area contributed by atoms with Crippen molar-refractivity contribution in [1.29, 1.82) is 0 Å². The lowest BCUT2D eigenvalue weighted by Gasteiger charge is -2.23. The van der Waals surface area contributed by atoms with Gasteiger partial charge in [0.2, 0.25) is 0 Å². The molecule has 0 bridgehead atoms. The van der Waals surface area contributed by atoms with Crippen molar-refractivity contribution in [3.63, 3.8) is 0 Å². The normalized spacial score (nSPS) is 15.9. The molecule has 6 heteroatoms. The molecule has 1 aromatic carbocycles. The summed E-state index contributed by atoms with van der Waals surface area (Å²) < 4.78 is 5.75. The third-order valence-corrected chi connectivity index (χ3v) is 5.10. The lowest BCUT2D eigenvalue weighted by atomic mass is 9.93. The van der Waals surface area contributed by atoms with Gasteiger partial charge in [0.25, 0.3) is 11.8 Å². The highest BCUT2D eigenvalue weighted by Crippen LogP contribution is 2.30. The minimum absolute atomic E-state index is 0.0654. The maximum atomic E-state index is 12.9. The molecule has 0 aliphatic heterocycles. The fourth-order valence-electron chi connectivity index (χ4n) is 3.61. The van der Waals surface area contributed by atoms with Crippen molar-refractivity contribution >= 4 is 11.8 Å². The van der Waals surface area contributed by atoms with Crippen molar-refractivity contribution in [2.75, 3.05) is 13.7 Å². The first kappa shape index (κ1) is 19.2.